The molecule has 0 atom stereocenters. The van der Waals surface area contributed by atoms with E-state index in [2.05, 4.69) is 27.7 Å². The molecule has 2 heteroatoms. The molecular formula is C25H50O2. The summed E-state index contributed by atoms with van der Waals surface area (Å²) in [6.45, 7) is 9.73. The molecule has 27 heavy (non-hydrogen) atoms. The number of ether oxygens (including phenoxy) is 1. The van der Waals surface area contributed by atoms with Crippen LogP contribution in [0.25, 0.3) is 0 Å². The molecule has 0 spiro atoms. The van der Waals surface area contributed by atoms with Gasteiger partial charge in [-0.05, 0) is 24.7 Å². The van der Waals surface area contributed by atoms with E-state index in [-0.39, 0.29) is 5.97 Å². The summed E-state index contributed by atoms with van der Waals surface area (Å²) >= 11 is 0. The van der Waals surface area contributed by atoms with Crippen molar-refractivity contribution in [1.82, 2.24) is 0 Å². The molecule has 0 unspecified atom stereocenters. The Morgan fingerprint density at radius 2 is 0.926 bits per heavy atom. The SMILES string of the molecule is CC(C)CCCCCCCCCCCCCCOC(=O)CCCCC(C)C. The summed E-state index contributed by atoms with van der Waals surface area (Å²) in [6.07, 6.45) is 21.6. The summed E-state index contributed by atoms with van der Waals surface area (Å²) in [5.41, 5.74) is 0. The van der Waals surface area contributed by atoms with Gasteiger partial charge in [0.1, 0.15) is 0 Å². The van der Waals surface area contributed by atoms with Gasteiger partial charge in [-0.25, -0.2) is 0 Å². The maximum atomic E-state index is 11.6. The van der Waals surface area contributed by atoms with Gasteiger partial charge in [0.25, 0.3) is 0 Å². The number of hydrogen-bond acceptors (Lipinski definition) is 2. The van der Waals surface area contributed by atoms with E-state index in [4.69, 9.17) is 4.74 Å². The molecule has 0 aliphatic rings. The largest absolute Gasteiger partial charge is 0.466 e. The number of rotatable bonds is 20. The molecule has 2 nitrogen and oxygen atoms in total. The van der Waals surface area contributed by atoms with Crippen LogP contribution in [-0.2, 0) is 9.53 Å². The van der Waals surface area contributed by atoms with Gasteiger partial charge in [0.2, 0.25) is 0 Å². The Labute approximate surface area is 171 Å². The third-order valence-electron chi connectivity index (χ3n) is 5.35. The normalized spacial score (nSPS) is 11.5. The molecule has 0 saturated carbocycles. The summed E-state index contributed by atoms with van der Waals surface area (Å²) in [6, 6.07) is 0. The number of esters is 1. The van der Waals surface area contributed by atoms with E-state index < -0.39 is 0 Å². The van der Waals surface area contributed by atoms with Crippen molar-refractivity contribution in [2.24, 2.45) is 11.8 Å². The molecule has 0 aliphatic carbocycles. The Balaban J connectivity index is 3.13. The Morgan fingerprint density at radius 3 is 1.37 bits per heavy atom. The minimum Gasteiger partial charge on any atom is -0.466 e. The van der Waals surface area contributed by atoms with E-state index in [0.29, 0.717) is 13.0 Å². The van der Waals surface area contributed by atoms with Gasteiger partial charge in [-0.3, -0.25) is 4.79 Å². The quantitative estimate of drug-likeness (QED) is 0.156. The molecule has 0 bridgehead atoms. The lowest BCUT2D eigenvalue weighted by atomic mass is 10.0. The second kappa shape index (κ2) is 20.2. The van der Waals surface area contributed by atoms with Crippen LogP contribution in [-0.4, -0.2) is 12.6 Å². The number of unbranched alkanes of at least 4 members (excludes halogenated alkanes) is 12. The van der Waals surface area contributed by atoms with Crippen LogP contribution in [0.1, 0.15) is 137 Å². The van der Waals surface area contributed by atoms with Crippen molar-refractivity contribution in [3.8, 4) is 0 Å². The summed E-state index contributed by atoms with van der Waals surface area (Å²) < 4.78 is 5.32. The van der Waals surface area contributed by atoms with E-state index in [0.717, 1.165) is 31.1 Å². The molecule has 0 N–H and O–H groups in total. The van der Waals surface area contributed by atoms with E-state index in [1.54, 1.807) is 0 Å². The van der Waals surface area contributed by atoms with Gasteiger partial charge < -0.3 is 4.74 Å². The molecular weight excluding hydrogens is 332 g/mol. The number of carbonyl (C=O) groups excluding carboxylic acids is 1. The van der Waals surface area contributed by atoms with Crippen LogP contribution in [0.2, 0.25) is 0 Å². The lowest BCUT2D eigenvalue weighted by Gasteiger charge is -2.06. The maximum absolute atomic E-state index is 11.6. The van der Waals surface area contributed by atoms with Gasteiger partial charge >= 0.3 is 5.97 Å². The molecule has 0 amide bonds. The fourth-order valence-corrected chi connectivity index (χ4v) is 3.50. The monoisotopic (exact) mass is 382 g/mol. The van der Waals surface area contributed by atoms with Crippen LogP contribution >= 0.6 is 0 Å². The number of hydrogen-bond donors (Lipinski definition) is 0. The van der Waals surface area contributed by atoms with Gasteiger partial charge in [-0.1, -0.05) is 118 Å². The number of carbonyl (C=O) groups is 1. The molecule has 0 radical (unpaired) electrons. The first-order valence-electron chi connectivity index (χ1n) is 12.2. The third kappa shape index (κ3) is 23.4. The predicted octanol–water partition coefficient (Wildman–Crippen LogP) is 8.47. The van der Waals surface area contributed by atoms with E-state index in [9.17, 15) is 4.79 Å². The molecule has 0 heterocycles. The van der Waals surface area contributed by atoms with Gasteiger partial charge in [-0.15, -0.1) is 0 Å². The highest BCUT2D eigenvalue weighted by Gasteiger charge is 2.03. The van der Waals surface area contributed by atoms with E-state index >= 15 is 0 Å². The van der Waals surface area contributed by atoms with Gasteiger partial charge in [0.05, 0.1) is 6.61 Å². The Bertz CT molecular complexity index is 309. The maximum Gasteiger partial charge on any atom is 0.305 e. The highest BCUT2D eigenvalue weighted by molar-refractivity contribution is 5.69. The van der Waals surface area contributed by atoms with Crippen molar-refractivity contribution in [2.75, 3.05) is 6.61 Å². The smallest absolute Gasteiger partial charge is 0.305 e. The van der Waals surface area contributed by atoms with Crippen molar-refractivity contribution < 1.29 is 9.53 Å². The van der Waals surface area contributed by atoms with Crippen LogP contribution in [0.5, 0.6) is 0 Å². The summed E-state index contributed by atoms with van der Waals surface area (Å²) in [5.74, 6) is 1.61. The zero-order valence-electron chi connectivity index (χ0n) is 19.2. The Kier molecular flexibility index (Phi) is 19.8. The van der Waals surface area contributed by atoms with E-state index in [1.807, 2.05) is 0 Å². The zero-order valence-corrected chi connectivity index (χ0v) is 19.2. The average Bonchev–Trinajstić information content (AvgIpc) is 2.61. The molecule has 0 saturated heterocycles. The summed E-state index contributed by atoms with van der Waals surface area (Å²) in [7, 11) is 0. The van der Waals surface area contributed by atoms with Crippen molar-refractivity contribution in [1.29, 1.82) is 0 Å². The zero-order chi connectivity index (χ0) is 20.2. The van der Waals surface area contributed by atoms with Crippen molar-refractivity contribution in [3.63, 3.8) is 0 Å². The Hall–Kier alpha value is -0.530. The summed E-state index contributed by atoms with van der Waals surface area (Å²) in [4.78, 5) is 11.6. The van der Waals surface area contributed by atoms with Crippen molar-refractivity contribution in [3.05, 3.63) is 0 Å². The molecule has 0 aromatic rings. The first kappa shape index (κ1) is 26.5. The van der Waals surface area contributed by atoms with Crippen LogP contribution in [0, 0.1) is 11.8 Å². The second-order valence-electron chi connectivity index (χ2n) is 9.29. The van der Waals surface area contributed by atoms with E-state index in [1.165, 1.54) is 83.5 Å². The lowest BCUT2D eigenvalue weighted by molar-refractivity contribution is -0.143. The topological polar surface area (TPSA) is 26.3 Å². The highest BCUT2D eigenvalue weighted by Crippen LogP contribution is 2.14. The first-order chi connectivity index (χ1) is 13.0. The molecule has 162 valence electrons. The molecule has 0 aliphatic heterocycles. The molecule has 0 fully saturated rings. The predicted molar refractivity (Wildman–Crippen MR) is 119 cm³/mol. The van der Waals surface area contributed by atoms with Crippen molar-refractivity contribution >= 4 is 5.97 Å². The van der Waals surface area contributed by atoms with Crippen LogP contribution in [0.3, 0.4) is 0 Å². The third-order valence-corrected chi connectivity index (χ3v) is 5.35. The highest BCUT2D eigenvalue weighted by atomic mass is 16.5. The van der Waals surface area contributed by atoms with Crippen LogP contribution in [0.4, 0.5) is 0 Å². The van der Waals surface area contributed by atoms with Gasteiger partial charge in [0, 0.05) is 6.42 Å². The van der Waals surface area contributed by atoms with Crippen molar-refractivity contribution in [2.45, 2.75) is 137 Å². The fraction of sp³-hybridized carbons (Fsp3) is 0.960. The van der Waals surface area contributed by atoms with Crippen LogP contribution < -0.4 is 0 Å². The van der Waals surface area contributed by atoms with Gasteiger partial charge in [-0.2, -0.15) is 0 Å². The first-order valence-corrected chi connectivity index (χ1v) is 12.2. The average molecular weight is 383 g/mol. The summed E-state index contributed by atoms with van der Waals surface area (Å²) in [5, 5.41) is 0. The molecule has 0 aromatic carbocycles. The molecule has 0 rings (SSSR count). The minimum absolute atomic E-state index is 0.00274. The Morgan fingerprint density at radius 1 is 0.556 bits per heavy atom. The second-order valence-corrected chi connectivity index (χ2v) is 9.29. The van der Waals surface area contributed by atoms with Gasteiger partial charge in [0.15, 0.2) is 0 Å². The molecule has 0 aromatic heterocycles. The lowest BCUT2D eigenvalue weighted by Crippen LogP contribution is -2.05. The minimum atomic E-state index is 0.00274. The standard InChI is InChI=1S/C25H50O2/c1-23(2)19-15-13-11-9-7-5-6-8-10-12-14-18-22-27-25(26)21-17-16-20-24(3)4/h23-24H,5-22H2,1-4H3. The fourth-order valence-electron chi connectivity index (χ4n) is 3.50. The van der Waals surface area contributed by atoms with Crippen LogP contribution in [0.15, 0.2) is 0 Å².